The first kappa shape index (κ1) is 19.4. The molecule has 1 aromatic carbocycles. The molecule has 1 saturated heterocycles. The van der Waals surface area contributed by atoms with Crippen LogP contribution in [0.15, 0.2) is 29.1 Å². The van der Waals surface area contributed by atoms with Gasteiger partial charge in [-0.2, -0.15) is 5.10 Å². The highest BCUT2D eigenvalue weighted by atomic mass is 16.1. The molecule has 0 atom stereocenters. The summed E-state index contributed by atoms with van der Waals surface area (Å²) in [6, 6.07) is 8.60. The molecule has 8 nitrogen and oxygen atoms in total. The molecule has 0 radical (unpaired) electrons. The molecule has 154 valence electrons. The van der Waals surface area contributed by atoms with Crippen LogP contribution in [0.3, 0.4) is 0 Å². The minimum Gasteiger partial charge on any atom is -0.369 e. The highest BCUT2D eigenvalue weighted by Gasteiger charge is 2.15. The molecule has 3 heterocycles. The van der Waals surface area contributed by atoms with Crippen LogP contribution in [0, 0.1) is 0 Å². The molecule has 2 aromatic heterocycles. The standard InChI is InChI=1S/C21H29N7O/c1-4-5-17-18-19(27(3)25-17)20(29)24-21(23-18)22-14-15-6-8-16(9-7-15)28-12-10-26(2)11-13-28/h6-9H,4-5,10-14H2,1-3H3,(H2,22,23,24,29). The van der Waals surface area contributed by atoms with E-state index in [0.717, 1.165) is 50.3 Å². The first-order valence-corrected chi connectivity index (χ1v) is 10.3. The predicted octanol–water partition coefficient (Wildman–Crippen LogP) is 1.97. The third-order valence-corrected chi connectivity index (χ3v) is 5.51. The van der Waals surface area contributed by atoms with Crippen molar-refractivity contribution in [2.45, 2.75) is 26.3 Å². The number of fused-ring (bicyclic) bond motifs is 1. The fourth-order valence-corrected chi connectivity index (χ4v) is 3.81. The van der Waals surface area contributed by atoms with E-state index < -0.39 is 0 Å². The molecule has 8 heteroatoms. The third-order valence-electron chi connectivity index (χ3n) is 5.51. The van der Waals surface area contributed by atoms with E-state index >= 15 is 0 Å². The van der Waals surface area contributed by atoms with Crippen LogP contribution in [0.25, 0.3) is 11.0 Å². The average molecular weight is 396 g/mol. The number of nitrogens with zero attached hydrogens (tertiary/aromatic N) is 5. The Morgan fingerprint density at radius 3 is 2.52 bits per heavy atom. The lowest BCUT2D eigenvalue weighted by Crippen LogP contribution is -2.44. The van der Waals surface area contributed by atoms with Crippen molar-refractivity contribution in [1.29, 1.82) is 0 Å². The van der Waals surface area contributed by atoms with Gasteiger partial charge in [0.15, 0.2) is 5.52 Å². The van der Waals surface area contributed by atoms with E-state index in [1.54, 1.807) is 11.7 Å². The van der Waals surface area contributed by atoms with Crippen molar-refractivity contribution in [3.8, 4) is 0 Å². The van der Waals surface area contributed by atoms with E-state index in [0.29, 0.717) is 23.5 Å². The summed E-state index contributed by atoms with van der Waals surface area (Å²) < 4.78 is 1.62. The smallest absolute Gasteiger partial charge is 0.278 e. The number of nitrogens with one attached hydrogen (secondary N) is 2. The van der Waals surface area contributed by atoms with Gasteiger partial charge in [-0.25, -0.2) is 4.98 Å². The summed E-state index contributed by atoms with van der Waals surface area (Å²) in [5.74, 6) is 0.482. The molecular weight excluding hydrogens is 366 g/mol. The Morgan fingerprint density at radius 1 is 1.10 bits per heavy atom. The predicted molar refractivity (Wildman–Crippen MR) is 117 cm³/mol. The zero-order valence-corrected chi connectivity index (χ0v) is 17.4. The van der Waals surface area contributed by atoms with E-state index in [4.69, 9.17) is 0 Å². The van der Waals surface area contributed by atoms with Crippen molar-refractivity contribution in [2.75, 3.05) is 43.4 Å². The summed E-state index contributed by atoms with van der Waals surface area (Å²) >= 11 is 0. The molecule has 1 aliphatic heterocycles. The topological polar surface area (TPSA) is 82.1 Å². The summed E-state index contributed by atoms with van der Waals surface area (Å²) in [7, 11) is 3.95. The molecular formula is C21H29N7O. The molecule has 0 bridgehead atoms. The van der Waals surface area contributed by atoms with Crippen molar-refractivity contribution >= 4 is 22.7 Å². The largest absolute Gasteiger partial charge is 0.369 e. The van der Waals surface area contributed by atoms with Crippen molar-refractivity contribution in [2.24, 2.45) is 7.05 Å². The van der Waals surface area contributed by atoms with Gasteiger partial charge in [-0.15, -0.1) is 0 Å². The first-order valence-electron chi connectivity index (χ1n) is 10.3. The maximum absolute atomic E-state index is 12.5. The van der Waals surface area contributed by atoms with Crippen molar-refractivity contribution < 1.29 is 0 Å². The highest BCUT2D eigenvalue weighted by molar-refractivity contribution is 5.77. The van der Waals surface area contributed by atoms with Gasteiger partial charge in [0.2, 0.25) is 5.95 Å². The average Bonchev–Trinajstić information content (AvgIpc) is 3.03. The van der Waals surface area contributed by atoms with E-state index in [2.05, 4.69) is 68.4 Å². The highest BCUT2D eigenvalue weighted by Crippen LogP contribution is 2.18. The minimum absolute atomic E-state index is 0.166. The van der Waals surface area contributed by atoms with Gasteiger partial charge in [0.1, 0.15) is 5.52 Å². The van der Waals surface area contributed by atoms with Crippen LogP contribution in [0.2, 0.25) is 0 Å². The zero-order chi connectivity index (χ0) is 20.4. The summed E-state index contributed by atoms with van der Waals surface area (Å²) in [6.45, 7) is 7.01. The number of likely N-dealkylation sites (N-methyl/N-ethyl adjacent to an activating group) is 1. The fraction of sp³-hybridized carbons (Fsp3) is 0.476. The first-order chi connectivity index (χ1) is 14.0. The number of hydrogen-bond acceptors (Lipinski definition) is 6. The SMILES string of the molecule is CCCc1nn(C)c2c(=O)[nH]c(NCc3ccc(N4CCN(C)CC4)cc3)nc12. The summed E-state index contributed by atoms with van der Waals surface area (Å²) in [5, 5.41) is 7.71. The van der Waals surface area contributed by atoms with Gasteiger partial charge in [0.05, 0.1) is 5.69 Å². The number of benzene rings is 1. The molecule has 2 N–H and O–H groups in total. The van der Waals surface area contributed by atoms with Crippen LogP contribution < -0.4 is 15.8 Å². The molecule has 0 saturated carbocycles. The van der Waals surface area contributed by atoms with E-state index in [-0.39, 0.29) is 5.56 Å². The van der Waals surface area contributed by atoms with E-state index in [9.17, 15) is 4.79 Å². The molecule has 0 aliphatic carbocycles. The Labute approximate surface area is 170 Å². The van der Waals surface area contributed by atoms with Gasteiger partial charge >= 0.3 is 0 Å². The molecule has 4 rings (SSSR count). The lowest BCUT2D eigenvalue weighted by atomic mass is 10.2. The molecule has 0 spiro atoms. The number of aromatic amines is 1. The Hall–Kier alpha value is -2.87. The molecule has 1 aliphatic rings. The van der Waals surface area contributed by atoms with Gasteiger partial charge in [-0.3, -0.25) is 14.5 Å². The Balaban J connectivity index is 1.46. The lowest BCUT2D eigenvalue weighted by molar-refractivity contribution is 0.313. The normalized spacial score (nSPS) is 15.2. The van der Waals surface area contributed by atoms with Crippen LogP contribution in [-0.4, -0.2) is 57.9 Å². The second-order valence-electron chi connectivity index (χ2n) is 7.74. The maximum atomic E-state index is 12.5. The number of H-pyrrole nitrogens is 1. The fourth-order valence-electron chi connectivity index (χ4n) is 3.81. The number of rotatable bonds is 6. The maximum Gasteiger partial charge on any atom is 0.278 e. The number of hydrogen-bond donors (Lipinski definition) is 2. The van der Waals surface area contributed by atoms with Crippen LogP contribution in [0.4, 0.5) is 11.6 Å². The number of piperazine rings is 1. The van der Waals surface area contributed by atoms with Gasteiger partial charge in [0.25, 0.3) is 5.56 Å². The van der Waals surface area contributed by atoms with Gasteiger partial charge < -0.3 is 15.1 Å². The Bertz CT molecular complexity index is 1030. The van der Waals surface area contributed by atoms with Gasteiger partial charge in [0, 0.05) is 45.5 Å². The van der Waals surface area contributed by atoms with E-state index in [1.807, 2.05) is 0 Å². The third kappa shape index (κ3) is 4.12. The second-order valence-corrected chi connectivity index (χ2v) is 7.74. The summed E-state index contributed by atoms with van der Waals surface area (Å²) in [5.41, 5.74) is 4.32. The van der Waals surface area contributed by atoms with Crippen LogP contribution in [0.5, 0.6) is 0 Å². The van der Waals surface area contributed by atoms with Crippen LogP contribution in [-0.2, 0) is 20.0 Å². The van der Waals surface area contributed by atoms with Gasteiger partial charge in [-0.1, -0.05) is 25.5 Å². The lowest BCUT2D eigenvalue weighted by Gasteiger charge is -2.34. The Morgan fingerprint density at radius 2 is 1.83 bits per heavy atom. The Kier molecular flexibility index (Phi) is 5.53. The van der Waals surface area contributed by atoms with Gasteiger partial charge in [-0.05, 0) is 31.2 Å². The zero-order valence-electron chi connectivity index (χ0n) is 17.4. The van der Waals surface area contributed by atoms with Crippen LogP contribution >= 0.6 is 0 Å². The second kappa shape index (κ2) is 8.24. The van der Waals surface area contributed by atoms with Crippen molar-refractivity contribution in [1.82, 2.24) is 24.6 Å². The molecule has 0 unspecified atom stereocenters. The molecule has 1 fully saturated rings. The number of aromatic nitrogens is 4. The number of anilines is 2. The molecule has 29 heavy (non-hydrogen) atoms. The number of aryl methyl sites for hydroxylation is 2. The molecule has 0 amide bonds. The summed E-state index contributed by atoms with van der Waals surface area (Å²) in [6.07, 6.45) is 1.77. The van der Waals surface area contributed by atoms with Crippen LogP contribution in [0.1, 0.15) is 24.6 Å². The molecule has 3 aromatic rings. The van der Waals surface area contributed by atoms with Crippen molar-refractivity contribution in [3.63, 3.8) is 0 Å². The minimum atomic E-state index is -0.166. The van der Waals surface area contributed by atoms with E-state index in [1.165, 1.54) is 5.69 Å². The monoisotopic (exact) mass is 395 g/mol. The summed E-state index contributed by atoms with van der Waals surface area (Å²) in [4.78, 5) is 24.7. The quantitative estimate of drug-likeness (QED) is 0.664. The van der Waals surface area contributed by atoms with Crippen molar-refractivity contribution in [3.05, 3.63) is 45.9 Å².